The van der Waals surface area contributed by atoms with E-state index in [1.165, 1.54) is 27.0 Å². The van der Waals surface area contributed by atoms with Gasteiger partial charge >= 0.3 is 5.69 Å². The summed E-state index contributed by atoms with van der Waals surface area (Å²) >= 11 is 1.47. The maximum absolute atomic E-state index is 14.0. The summed E-state index contributed by atoms with van der Waals surface area (Å²) in [6, 6.07) is 12.1. The zero-order chi connectivity index (χ0) is 18.3. The Hall–Kier alpha value is -2.54. The molecule has 2 aromatic carbocycles. The van der Waals surface area contributed by atoms with Gasteiger partial charge in [0, 0.05) is 17.7 Å². The number of carbonyl (C=O) groups is 1. The van der Waals surface area contributed by atoms with Gasteiger partial charge in [-0.05, 0) is 30.2 Å². The number of nitrogens with one attached hydrogen (secondary N) is 1. The van der Waals surface area contributed by atoms with Crippen LogP contribution in [0.4, 0.5) is 4.39 Å². The van der Waals surface area contributed by atoms with Crippen molar-refractivity contribution in [3.05, 3.63) is 64.3 Å². The van der Waals surface area contributed by atoms with Crippen molar-refractivity contribution in [1.82, 2.24) is 14.5 Å². The zero-order valence-electron chi connectivity index (χ0n) is 14.2. The van der Waals surface area contributed by atoms with Gasteiger partial charge in [0.25, 0.3) is 0 Å². The summed E-state index contributed by atoms with van der Waals surface area (Å²) in [5.74, 6) is 0.236. The Bertz CT molecular complexity index is 1060. The Morgan fingerprint density at radius 3 is 2.81 bits per heavy atom. The first-order chi connectivity index (χ1) is 12.6. The van der Waals surface area contributed by atoms with E-state index in [2.05, 4.69) is 5.32 Å². The van der Waals surface area contributed by atoms with Crippen LogP contribution in [0.15, 0.2) is 52.2 Å². The van der Waals surface area contributed by atoms with Crippen LogP contribution in [-0.4, -0.2) is 20.8 Å². The van der Waals surface area contributed by atoms with Crippen LogP contribution in [0.2, 0.25) is 0 Å². The van der Waals surface area contributed by atoms with Crippen molar-refractivity contribution in [2.24, 2.45) is 7.05 Å². The number of nitrogens with zero attached hydrogens (tertiary/aromatic N) is 2. The summed E-state index contributed by atoms with van der Waals surface area (Å²) in [7, 11) is 1.69. The summed E-state index contributed by atoms with van der Waals surface area (Å²) < 4.78 is 17.0. The van der Waals surface area contributed by atoms with Crippen molar-refractivity contribution >= 4 is 28.7 Å². The highest BCUT2D eigenvalue weighted by atomic mass is 32.2. The first-order valence-electron chi connectivity index (χ1n) is 8.41. The third-order valence-corrected chi connectivity index (χ3v) is 5.87. The van der Waals surface area contributed by atoms with Crippen LogP contribution in [-0.2, 0) is 18.4 Å². The Morgan fingerprint density at radius 1 is 1.23 bits per heavy atom. The second-order valence-corrected chi connectivity index (χ2v) is 7.44. The van der Waals surface area contributed by atoms with E-state index in [4.69, 9.17) is 0 Å². The molecule has 1 atom stereocenters. The molecule has 0 saturated heterocycles. The van der Waals surface area contributed by atoms with E-state index in [-0.39, 0.29) is 30.0 Å². The summed E-state index contributed by atoms with van der Waals surface area (Å²) in [4.78, 5) is 25.7. The molecule has 1 aliphatic heterocycles. The van der Waals surface area contributed by atoms with E-state index in [1.54, 1.807) is 13.1 Å². The predicted octanol–water partition coefficient (Wildman–Crippen LogP) is 2.83. The molecule has 26 heavy (non-hydrogen) atoms. The highest BCUT2D eigenvalue weighted by molar-refractivity contribution is 7.99. The summed E-state index contributed by atoms with van der Waals surface area (Å²) in [6.45, 7) is -0.0610. The van der Waals surface area contributed by atoms with Crippen molar-refractivity contribution < 1.29 is 9.18 Å². The summed E-state index contributed by atoms with van der Waals surface area (Å²) in [5, 5.41) is 2.96. The number of amides is 1. The van der Waals surface area contributed by atoms with Crippen LogP contribution in [0.25, 0.3) is 11.0 Å². The van der Waals surface area contributed by atoms with Gasteiger partial charge in [-0.1, -0.05) is 24.3 Å². The molecule has 134 valence electrons. The zero-order valence-corrected chi connectivity index (χ0v) is 15.1. The minimum atomic E-state index is -0.254. The summed E-state index contributed by atoms with van der Waals surface area (Å²) in [5.41, 5.74) is 2.08. The first-order valence-corrected chi connectivity index (χ1v) is 9.39. The number of hydrogen-bond donors (Lipinski definition) is 1. The molecule has 2 heterocycles. The molecule has 0 spiro atoms. The lowest BCUT2D eigenvalue weighted by Crippen LogP contribution is -2.36. The fourth-order valence-corrected chi connectivity index (χ4v) is 4.58. The van der Waals surface area contributed by atoms with Gasteiger partial charge in [0.05, 0.1) is 17.1 Å². The fourth-order valence-electron chi connectivity index (χ4n) is 3.44. The molecule has 0 bridgehead atoms. The average molecular weight is 371 g/mol. The first kappa shape index (κ1) is 16.9. The molecule has 0 aliphatic carbocycles. The number of halogens is 1. The molecule has 3 aromatic rings. The number of imidazole rings is 1. The summed E-state index contributed by atoms with van der Waals surface area (Å²) in [6.07, 6.45) is 0.733. The smallest absolute Gasteiger partial charge is 0.329 e. The Balaban J connectivity index is 1.59. The number of fused-ring (bicyclic) bond motifs is 2. The molecule has 5 nitrogen and oxygen atoms in total. The fraction of sp³-hybridized carbons (Fsp3) is 0.263. The largest absolute Gasteiger partial charge is 0.348 e. The Kier molecular flexibility index (Phi) is 4.32. The number of hydrogen-bond acceptors (Lipinski definition) is 3. The van der Waals surface area contributed by atoms with Gasteiger partial charge in [0.15, 0.2) is 0 Å². The number of para-hydroxylation sites is 2. The van der Waals surface area contributed by atoms with E-state index in [9.17, 15) is 14.0 Å². The van der Waals surface area contributed by atoms with E-state index in [1.807, 2.05) is 30.3 Å². The van der Waals surface area contributed by atoms with Crippen LogP contribution < -0.4 is 11.0 Å². The minimum Gasteiger partial charge on any atom is -0.348 e. The molecular formula is C19H18FN3O2S. The van der Waals surface area contributed by atoms with E-state index in [0.29, 0.717) is 4.90 Å². The molecule has 7 heteroatoms. The molecule has 1 aromatic heterocycles. The second-order valence-electron chi connectivity index (χ2n) is 6.33. The lowest BCUT2D eigenvalue weighted by molar-refractivity contribution is -0.122. The molecule has 0 radical (unpaired) electrons. The number of carbonyl (C=O) groups excluding carboxylic acids is 1. The molecule has 1 N–H and O–H groups in total. The third-order valence-electron chi connectivity index (χ3n) is 4.71. The number of rotatable bonds is 3. The topological polar surface area (TPSA) is 56.0 Å². The van der Waals surface area contributed by atoms with Crippen molar-refractivity contribution in [1.29, 1.82) is 0 Å². The van der Waals surface area contributed by atoms with Gasteiger partial charge in [-0.25, -0.2) is 9.18 Å². The molecule has 4 rings (SSSR count). The van der Waals surface area contributed by atoms with Gasteiger partial charge in [0.1, 0.15) is 12.4 Å². The van der Waals surface area contributed by atoms with Crippen molar-refractivity contribution in [2.75, 3.05) is 5.75 Å². The van der Waals surface area contributed by atoms with E-state index in [0.717, 1.165) is 28.8 Å². The molecule has 1 unspecified atom stereocenters. The Labute approximate surface area is 153 Å². The molecule has 0 fully saturated rings. The lowest BCUT2D eigenvalue weighted by Gasteiger charge is -2.26. The highest BCUT2D eigenvalue weighted by Crippen LogP contribution is 2.37. The number of benzene rings is 2. The van der Waals surface area contributed by atoms with Crippen LogP contribution in [0.5, 0.6) is 0 Å². The maximum atomic E-state index is 14.0. The maximum Gasteiger partial charge on any atom is 0.329 e. The monoisotopic (exact) mass is 371 g/mol. The SMILES string of the molecule is Cn1c(=O)n(CC(=O)NC2CCSc3c(F)cccc32)c2ccccc21. The van der Waals surface area contributed by atoms with Crippen LogP contribution in [0.3, 0.4) is 0 Å². The van der Waals surface area contributed by atoms with Crippen molar-refractivity contribution in [3.8, 4) is 0 Å². The van der Waals surface area contributed by atoms with Gasteiger partial charge in [-0.2, -0.15) is 0 Å². The average Bonchev–Trinajstić information content (AvgIpc) is 2.88. The third kappa shape index (κ3) is 2.82. The van der Waals surface area contributed by atoms with Crippen LogP contribution in [0, 0.1) is 5.82 Å². The van der Waals surface area contributed by atoms with Crippen molar-refractivity contribution in [2.45, 2.75) is 23.9 Å². The lowest BCUT2D eigenvalue weighted by atomic mass is 10.0. The van der Waals surface area contributed by atoms with Crippen molar-refractivity contribution in [3.63, 3.8) is 0 Å². The van der Waals surface area contributed by atoms with E-state index >= 15 is 0 Å². The standard InChI is InChI=1S/C19H18FN3O2S/c1-22-15-7-2-3-8-16(15)23(19(22)25)11-17(24)21-14-9-10-26-18-12(14)5-4-6-13(18)20/h2-8,14H,9-11H2,1H3,(H,21,24). The molecule has 1 amide bonds. The van der Waals surface area contributed by atoms with Gasteiger partial charge < -0.3 is 5.32 Å². The van der Waals surface area contributed by atoms with Gasteiger partial charge in [-0.3, -0.25) is 13.9 Å². The van der Waals surface area contributed by atoms with Gasteiger partial charge in [0.2, 0.25) is 5.91 Å². The molecule has 1 aliphatic rings. The Morgan fingerprint density at radius 2 is 2.00 bits per heavy atom. The van der Waals surface area contributed by atoms with Crippen LogP contribution in [0.1, 0.15) is 18.0 Å². The molecule has 0 saturated carbocycles. The number of thioether (sulfide) groups is 1. The quantitative estimate of drug-likeness (QED) is 0.770. The van der Waals surface area contributed by atoms with E-state index < -0.39 is 0 Å². The van der Waals surface area contributed by atoms with Crippen LogP contribution >= 0.6 is 11.8 Å². The van der Waals surface area contributed by atoms with Gasteiger partial charge in [-0.15, -0.1) is 11.8 Å². The molecular weight excluding hydrogens is 353 g/mol. The number of aryl methyl sites for hydroxylation is 1. The predicted molar refractivity (Wildman–Crippen MR) is 99.8 cm³/mol. The highest BCUT2D eigenvalue weighted by Gasteiger charge is 2.25. The normalized spacial score (nSPS) is 16.5. The second kappa shape index (κ2) is 6.64. The number of aromatic nitrogens is 2. The minimum absolute atomic E-state index is 0.0610.